The van der Waals surface area contributed by atoms with Crippen LogP contribution in [0.15, 0.2) is 42.6 Å². The van der Waals surface area contributed by atoms with E-state index in [-0.39, 0.29) is 17.1 Å². The van der Waals surface area contributed by atoms with Crippen molar-refractivity contribution >= 4 is 5.82 Å². The fraction of sp³-hybridized carbons (Fsp3) is 0.0833. The number of anilines is 1. The van der Waals surface area contributed by atoms with Crippen LogP contribution in [0, 0.1) is 0 Å². The lowest BCUT2D eigenvalue weighted by Gasteiger charge is -2.13. The van der Waals surface area contributed by atoms with E-state index in [1.54, 1.807) is 18.2 Å². The molecule has 0 aliphatic heterocycles. The maximum atomic E-state index is 12.3. The van der Waals surface area contributed by atoms with E-state index < -0.39 is 6.36 Å². The van der Waals surface area contributed by atoms with Crippen LogP contribution in [-0.2, 0) is 0 Å². The van der Waals surface area contributed by atoms with E-state index >= 15 is 0 Å². The van der Waals surface area contributed by atoms with Gasteiger partial charge in [0.25, 0.3) is 0 Å². The van der Waals surface area contributed by atoms with Crippen molar-refractivity contribution in [3.8, 4) is 16.9 Å². The number of alkyl halides is 3. The molecule has 94 valence electrons. The van der Waals surface area contributed by atoms with Crippen LogP contribution >= 0.6 is 0 Å². The minimum atomic E-state index is -4.74. The maximum absolute atomic E-state index is 12.3. The van der Waals surface area contributed by atoms with Gasteiger partial charge in [-0.25, -0.2) is 4.98 Å². The molecule has 0 aliphatic carbocycles. The predicted molar refractivity (Wildman–Crippen MR) is 60.8 cm³/mol. The minimum absolute atomic E-state index is 0.149. The number of ether oxygens (including phenoxy) is 1. The number of aromatic nitrogens is 1. The smallest absolute Gasteiger partial charge is 0.405 e. The van der Waals surface area contributed by atoms with Gasteiger partial charge in [0.15, 0.2) is 0 Å². The highest BCUT2D eigenvalue weighted by molar-refractivity contribution is 5.78. The van der Waals surface area contributed by atoms with E-state index in [1.807, 2.05) is 0 Å². The topological polar surface area (TPSA) is 48.1 Å². The predicted octanol–water partition coefficient (Wildman–Crippen LogP) is 3.23. The largest absolute Gasteiger partial charge is 0.573 e. The number of nitrogen functional groups attached to an aromatic ring is 1. The highest BCUT2D eigenvalue weighted by atomic mass is 19.4. The second-order valence-electron chi connectivity index (χ2n) is 3.48. The molecule has 0 saturated heterocycles. The van der Waals surface area contributed by atoms with Gasteiger partial charge in [-0.3, -0.25) is 0 Å². The molecule has 18 heavy (non-hydrogen) atoms. The van der Waals surface area contributed by atoms with Crippen LogP contribution in [0.5, 0.6) is 5.75 Å². The summed E-state index contributed by atoms with van der Waals surface area (Å²) in [6.07, 6.45) is -3.28. The summed E-state index contributed by atoms with van der Waals surface area (Å²) in [5, 5.41) is 0. The summed E-state index contributed by atoms with van der Waals surface area (Å²) in [6, 6.07) is 8.96. The van der Waals surface area contributed by atoms with Crippen molar-refractivity contribution in [1.29, 1.82) is 0 Å². The number of hydrogen-bond donors (Lipinski definition) is 1. The number of nitrogens with two attached hydrogens (primary N) is 1. The molecule has 0 saturated carbocycles. The summed E-state index contributed by atoms with van der Waals surface area (Å²) < 4.78 is 40.8. The van der Waals surface area contributed by atoms with E-state index in [2.05, 4.69) is 9.72 Å². The highest BCUT2D eigenvalue weighted by Gasteiger charge is 2.32. The van der Waals surface area contributed by atoms with Gasteiger partial charge in [0.05, 0.1) is 0 Å². The molecule has 1 heterocycles. The number of benzene rings is 1. The molecular formula is C12H9F3N2O. The summed E-state index contributed by atoms with van der Waals surface area (Å²) in [6.45, 7) is 0. The molecule has 2 N–H and O–H groups in total. The molecule has 3 nitrogen and oxygen atoms in total. The van der Waals surface area contributed by atoms with E-state index in [4.69, 9.17) is 5.73 Å². The van der Waals surface area contributed by atoms with Crippen molar-refractivity contribution < 1.29 is 17.9 Å². The highest BCUT2D eigenvalue weighted by Crippen LogP contribution is 2.35. The third-order valence-electron chi connectivity index (χ3n) is 2.24. The third kappa shape index (κ3) is 2.71. The van der Waals surface area contributed by atoms with Crippen LogP contribution in [0.1, 0.15) is 0 Å². The van der Waals surface area contributed by atoms with Gasteiger partial charge < -0.3 is 10.5 Å². The second-order valence-corrected chi connectivity index (χ2v) is 3.48. The summed E-state index contributed by atoms with van der Waals surface area (Å²) in [5.74, 6) is -0.152. The van der Waals surface area contributed by atoms with Crippen LogP contribution in [0.25, 0.3) is 11.1 Å². The van der Waals surface area contributed by atoms with Crippen LogP contribution in [0.3, 0.4) is 0 Å². The average Bonchev–Trinajstić information content (AvgIpc) is 2.29. The van der Waals surface area contributed by atoms with Crippen molar-refractivity contribution in [2.45, 2.75) is 6.36 Å². The number of rotatable bonds is 2. The molecule has 0 fully saturated rings. The first-order valence-corrected chi connectivity index (χ1v) is 5.03. The minimum Gasteiger partial charge on any atom is -0.405 e. The first-order valence-electron chi connectivity index (χ1n) is 5.03. The van der Waals surface area contributed by atoms with E-state index in [1.165, 1.54) is 24.4 Å². The number of nitrogens with zero attached hydrogens (tertiary/aromatic N) is 1. The zero-order chi connectivity index (χ0) is 13.2. The standard InChI is InChI=1S/C12H9F3N2O/c13-12(14,15)18-10-6-2-1-4-8(10)9-5-3-7-17-11(9)16/h1-7H,(H2,16,17). The molecule has 0 spiro atoms. The Morgan fingerprint density at radius 2 is 1.67 bits per heavy atom. The molecule has 2 rings (SSSR count). The molecule has 6 heteroatoms. The van der Waals surface area contributed by atoms with Gasteiger partial charge in [0.2, 0.25) is 0 Å². The maximum Gasteiger partial charge on any atom is 0.573 e. The summed E-state index contributed by atoms with van der Waals surface area (Å²) in [4.78, 5) is 3.83. The van der Waals surface area contributed by atoms with Crippen molar-refractivity contribution in [3.63, 3.8) is 0 Å². The van der Waals surface area contributed by atoms with Crippen LogP contribution < -0.4 is 10.5 Å². The molecular weight excluding hydrogens is 245 g/mol. The zero-order valence-electron chi connectivity index (χ0n) is 9.11. The molecule has 0 bridgehead atoms. The zero-order valence-corrected chi connectivity index (χ0v) is 9.11. The monoisotopic (exact) mass is 254 g/mol. The van der Waals surface area contributed by atoms with Gasteiger partial charge in [-0.15, -0.1) is 13.2 Å². The number of para-hydroxylation sites is 1. The Morgan fingerprint density at radius 3 is 2.33 bits per heavy atom. The van der Waals surface area contributed by atoms with Crippen molar-refractivity contribution in [1.82, 2.24) is 4.98 Å². The van der Waals surface area contributed by atoms with Crippen LogP contribution in [0.2, 0.25) is 0 Å². The molecule has 2 aromatic rings. The fourth-order valence-electron chi connectivity index (χ4n) is 1.55. The van der Waals surface area contributed by atoms with E-state index in [0.717, 1.165) is 0 Å². The Labute approximate surface area is 101 Å². The van der Waals surface area contributed by atoms with Crippen molar-refractivity contribution in [2.24, 2.45) is 0 Å². The summed E-state index contributed by atoms with van der Waals surface area (Å²) in [5.41, 5.74) is 6.29. The molecule has 0 amide bonds. The number of hydrogen-bond acceptors (Lipinski definition) is 3. The van der Waals surface area contributed by atoms with E-state index in [0.29, 0.717) is 5.56 Å². The van der Waals surface area contributed by atoms with Gasteiger partial charge in [-0.2, -0.15) is 0 Å². The third-order valence-corrected chi connectivity index (χ3v) is 2.24. The van der Waals surface area contributed by atoms with E-state index in [9.17, 15) is 13.2 Å². The first-order chi connectivity index (χ1) is 8.47. The quantitative estimate of drug-likeness (QED) is 0.895. The Balaban J connectivity index is 2.49. The van der Waals surface area contributed by atoms with Gasteiger partial charge in [-0.05, 0) is 18.2 Å². The SMILES string of the molecule is Nc1ncccc1-c1ccccc1OC(F)(F)F. The second kappa shape index (κ2) is 4.56. The summed E-state index contributed by atoms with van der Waals surface area (Å²) in [7, 11) is 0. The molecule has 1 aromatic carbocycles. The molecule has 0 radical (unpaired) electrons. The average molecular weight is 254 g/mol. The molecule has 1 aromatic heterocycles. The Hall–Kier alpha value is -2.24. The van der Waals surface area contributed by atoms with Crippen molar-refractivity contribution in [3.05, 3.63) is 42.6 Å². The Bertz CT molecular complexity index is 555. The molecule has 0 unspecified atom stereocenters. The van der Waals surface area contributed by atoms with Gasteiger partial charge in [-0.1, -0.05) is 18.2 Å². The Kier molecular flexibility index (Phi) is 3.10. The fourth-order valence-corrected chi connectivity index (χ4v) is 1.55. The molecule has 0 aliphatic rings. The van der Waals surface area contributed by atoms with Gasteiger partial charge in [0, 0.05) is 17.3 Å². The van der Waals surface area contributed by atoms with Gasteiger partial charge >= 0.3 is 6.36 Å². The lowest BCUT2D eigenvalue weighted by atomic mass is 10.1. The Morgan fingerprint density at radius 1 is 1.00 bits per heavy atom. The summed E-state index contributed by atoms with van der Waals surface area (Å²) >= 11 is 0. The lowest BCUT2D eigenvalue weighted by Crippen LogP contribution is -2.17. The number of pyridine rings is 1. The number of halogens is 3. The normalized spacial score (nSPS) is 11.3. The molecule has 0 atom stereocenters. The van der Waals surface area contributed by atoms with Crippen LogP contribution in [0.4, 0.5) is 19.0 Å². The van der Waals surface area contributed by atoms with Gasteiger partial charge in [0.1, 0.15) is 11.6 Å². The first kappa shape index (κ1) is 12.2. The van der Waals surface area contributed by atoms with Crippen LogP contribution in [-0.4, -0.2) is 11.3 Å². The van der Waals surface area contributed by atoms with Crippen molar-refractivity contribution in [2.75, 3.05) is 5.73 Å². The lowest BCUT2D eigenvalue weighted by molar-refractivity contribution is -0.274.